The van der Waals surface area contributed by atoms with Crippen LogP contribution in [0.5, 0.6) is 0 Å². The smallest absolute Gasteiger partial charge is 0.214 e. The molecule has 0 saturated carbocycles. The van der Waals surface area contributed by atoms with Crippen LogP contribution in [-0.4, -0.2) is 20.5 Å². The molecule has 94 valence electrons. The Bertz CT molecular complexity index is 604. The average molecular weight is 264 g/mol. The van der Waals surface area contributed by atoms with Crippen LogP contribution in [0.3, 0.4) is 0 Å². The van der Waals surface area contributed by atoms with Crippen molar-refractivity contribution in [2.75, 3.05) is 0 Å². The molecule has 2 heterocycles. The Morgan fingerprint density at radius 1 is 1.44 bits per heavy atom. The number of halogens is 1. The third-order valence-electron chi connectivity index (χ3n) is 2.81. The van der Waals surface area contributed by atoms with E-state index in [1.165, 1.54) is 0 Å². The zero-order chi connectivity index (χ0) is 13.3. The molecule has 0 amide bonds. The first kappa shape index (κ1) is 12.8. The van der Waals surface area contributed by atoms with Gasteiger partial charge in [-0.15, -0.1) is 0 Å². The van der Waals surface area contributed by atoms with Crippen molar-refractivity contribution in [3.63, 3.8) is 0 Å². The van der Waals surface area contributed by atoms with Crippen LogP contribution < -0.4 is 0 Å². The van der Waals surface area contributed by atoms with Gasteiger partial charge in [-0.3, -0.25) is 14.5 Å². The van der Waals surface area contributed by atoms with Crippen LogP contribution in [0, 0.1) is 13.8 Å². The zero-order valence-electron chi connectivity index (χ0n) is 10.6. The Balaban J connectivity index is 2.46. The van der Waals surface area contributed by atoms with Crippen molar-refractivity contribution in [2.45, 2.75) is 27.3 Å². The number of ketones is 1. The highest BCUT2D eigenvalue weighted by molar-refractivity contribution is 6.35. The molecule has 0 atom stereocenters. The predicted octanol–water partition coefficient (Wildman–Crippen LogP) is 2.80. The first-order valence-corrected chi connectivity index (χ1v) is 6.12. The molecule has 0 spiro atoms. The minimum absolute atomic E-state index is 0.166. The number of carbonyl (C=O) groups is 1. The molecule has 4 nitrogen and oxygen atoms in total. The summed E-state index contributed by atoms with van der Waals surface area (Å²) in [7, 11) is 0. The van der Waals surface area contributed by atoms with Gasteiger partial charge in [0.05, 0.1) is 10.7 Å². The van der Waals surface area contributed by atoms with Crippen LogP contribution >= 0.6 is 11.6 Å². The molecule has 0 saturated heterocycles. The standard InChI is InChI=1S/C13H14ClN3O/c1-4-17-9(3)11(14)12(16-17)13(18)10-5-6-15-8(2)7-10/h5-7H,4H2,1-3H3. The van der Waals surface area contributed by atoms with Gasteiger partial charge >= 0.3 is 0 Å². The van der Waals surface area contributed by atoms with Crippen molar-refractivity contribution in [3.8, 4) is 0 Å². The lowest BCUT2D eigenvalue weighted by Crippen LogP contribution is -2.05. The highest BCUT2D eigenvalue weighted by atomic mass is 35.5. The molecule has 2 aromatic heterocycles. The number of aromatic nitrogens is 3. The lowest BCUT2D eigenvalue weighted by Gasteiger charge is -1.99. The molecule has 0 radical (unpaired) electrons. The lowest BCUT2D eigenvalue weighted by molar-refractivity contribution is 0.103. The van der Waals surface area contributed by atoms with Gasteiger partial charge in [0.1, 0.15) is 0 Å². The highest BCUT2D eigenvalue weighted by Gasteiger charge is 2.20. The Labute approximate surface area is 111 Å². The van der Waals surface area contributed by atoms with E-state index in [0.29, 0.717) is 22.8 Å². The maximum absolute atomic E-state index is 12.3. The van der Waals surface area contributed by atoms with Gasteiger partial charge in [0.15, 0.2) is 5.69 Å². The Kier molecular flexibility index (Phi) is 3.48. The fourth-order valence-corrected chi connectivity index (χ4v) is 2.02. The van der Waals surface area contributed by atoms with E-state index in [0.717, 1.165) is 11.4 Å². The van der Waals surface area contributed by atoms with Gasteiger partial charge in [-0.1, -0.05) is 11.6 Å². The quantitative estimate of drug-likeness (QED) is 0.800. The number of hydrogen-bond donors (Lipinski definition) is 0. The molecule has 0 N–H and O–H groups in total. The van der Waals surface area contributed by atoms with Crippen LogP contribution in [-0.2, 0) is 6.54 Å². The second-order valence-electron chi connectivity index (χ2n) is 4.08. The summed E-state index contributed by atoms with van der Waals surface area (Å²) >= 11 is 6.16. The fourth-order valence-electron chi connectivity index (χ4n) is 1.80. The Hall–Kier alpha value is -1.68. The molecule has 0 bridgehead atoms. The van der Waals surface area contributed by atoms with E-state index in [-0.39, 0.29) is 5.78 Å². The summed E-state index contributed by atoms with van der Waals surface area (Å²) in [5, 5.41) is 4.68. The number of hydrogen-bond acceptors (Lipinski definition) is 3. The van der Waals surface area contributed by atoms with Gasteiger partial charge in [-0.2, -0.15) is 5.10 Å². The van der Waals surface area contributed by atoms with E-state index in [9.17, 15) is 4.79 Å². The molecule has 0 unspecified atom stereocenters. The summed E-state index contributed by atoms with van der Waals surface area (Å²) < 4.78 is 1.73. The molecule has 2 rings (SSSR count). The van der Waals surface area contributed by atoms with Gasteiger partial charge in [-0.05, 0) is 32.9 Å². The van der Waals surface area contributed by atoms with E-state index < -0.39 is 0 Å². The average Bonchev–Trinajstić information content (AvgIpc) is 2.65. The zero-order valence-corrected chi connectivity index (χ0v) is 11.3. The third kappa shape index (κ3) is 2.16. The summed E-state index contributed by atoms with van der Waals surface area (Å²) in [5.74, 6) is -0.166. The molecule has 0 aliphatic heterocycles. The normalized spacial score (nSPS) is 10.7. The number of rotatable bonds is 3. The SMILES string of the molecule is CCn1nc(C(=O)c2ccnc(C)c2)c(Cl)c1C. The molecule has 18 heavy (non-hydrogen) atoms. The molecule has 0 aliphatic carbocycles. The van der Waals surface area contributed by atoms with Crippen molar-refractivity contribution >= 4 is 17.4 Å². The summed E-state index contributed by atoms with van der Waals surface area (Å²) in [6, 6.07) is 3.41. The van der Waals surface area contributed by atoms with Crippen molar-refractivity contribution in [2.24, 2.45) is 0 Å². The van der Waals surface area contributed by atoms with Crippen LogP contribution in [0.1, 0.15) is 34.4 Å². The van der Waals surface area contributed by atoms with Crippen molar-refractivity contribution < 1.29 is 4.79 Å². The van der Waals surface area contributed by atoms with Crippen molar-refractivity contribution in [1.82, 2.24) is 14.8 Å². The molecule has 0 aromatic carbocycles. The topological polar surface area (TPSA) is 47.8 Å². The van der Waals surface area contributed by atoms with E-state index >= 15 is 0 Å². The van der Waals surface area contributed by atoms with Gasteiger partial charge in [0, 0.05) is 24.0 Å². The summed E-state index contributed by atoms with van der Waals surface area (Å²) in [4.78, 5) is 16.4. The number of carbonyl (C=O) groups excluding carboxylic acids is 1. The number of aryl methyl sites for hydroxylation is 2. The van der Waals surface area contributed by atoms with Crippen LogP contribution in [0.2, 0.25) is 5.02 Å². The maximum Gasteiger partial charge on any atom is 0.214 e. The van der Waals surface area contributed by atoms with Gasteiger partial charge in [0.2, 0.25) is 5.78 Å². The van der Waals surface area contributed by atoms with Crippen molar-refractivity contribution in [3.05, 3.63) is 46.0 Å². The van der Waals surface area contributed by atoms with E-state index in [2.05, 4.69) is 10.1 Å². The van der Waals surface area contributed by atoms with Gasteiger partial charge < -0.3 is 0 Å². The van der Waals surface area contributed by atoms with E-state index in [1.54, 1.807) is 23.0 Å². The summed E-state index contributed by atoms with van der Waals surface area (Å²) in [5.41, 5.74) is 2.48. The fraction of sp³-hybridized carbons (Fsp3) is 0.308. The largest absolute Gasteiger partial charge is 0.287 e. The maximum atomic E-state index is 12.3. The van der Waals surface area contributed by atoms with E-state index in [4.69, 9.17) is 11.6 Å². The predicted molar refractivity (Wildman–Crippen MR) is 70.1 cm³/mol. The molecule has 2 aromatic rings. The van der Waals surface area contributed by atoms with Gasteiger partial charge in [-0.25, -0.2) is 0 Å². The molecule has 0 fully saturated rings. The minimum Gasteiger partial charge on any atom is -0.287 e. The monoisotopic (exact) mass is 263 g/mol. The lowest BCUT2D eigenvalue weighted by atomic mass is 10.1. The highest BCUT2D eigenvalue weighted by Crippen LogP contribution is 2.22. The summed E-state index contributed by atoms with van der Waals surface area (Å²) in [6.45, 7) is 6.34. The first-order chi connectivity index (χ1) is 8.54. The van der Waals surface area contributed by atoms with Crippen LogP contribution in [0.25, 0.3) is 0 Å². The van der Waals surface area contributed by atoms with Gasteiger partial charge in [0.25, 0.3) is 0 Å². The second kappa shape index (κ2) is 4.90. The first-order valence-electron chi connectivity index (χ1n) is 5.74. The Morgan fingerprint density at radius 2 is 2.17 bits per heavy atom. The Morgan fingerprint density at radius 3 is 2.72 bits per heavy atom. The molecule has 5 heteroatoms. The second-order valence-corrected chi connectivity index (χ2v) is 4.46. The van der Waals surface area contributed by atoms with Crippen LogP contribution in [0.15, 0.2) is 18.3 Å². The molecular formula is C13H14ClN3O. The molecule has 0 aliphatic rings. The van der Waals surface area contributed by atoms with Crippen molar-refractivity contribution in [1.29, 1.82) is 0 Å². The third-order valence-corrected chi connectivity index (χ3v) is 3.26. The van der Waals surface area contributed by atoms with Crippen LogP contribution in [0.4, 0.5) is 0 Å². The van der Waals surface area contributed by atoms with E-state index in [1.807, 2.05) is 20.8 Å². The summed E-state index contributed by atoms with van der Waals surface area (Å²) in [6.07, 6.45) is 1.61. The number of nitrogens with zero attached hydrogens (tertiary/aromatic N) is 3. The molecular weight excluding hydrogens is 250 g/mol. The number of pyridine rings is 1. The minimum atomic E-state index is -0.166.